The summed E-state index contributed by atoms with van der Waals surface area (Å²) in [4.78, 5) is 11.3. The quantitative estimate of drug-likeness (QED) is 0.374. The molecule has 152 valence electrons. The van der Waals surface area contributed by atoms with E-state index >= 15 is 0 Å². The Morgan fingerprint density at radius 2 is 1.64 bits per heavy atom. The lowest BCUT2D eigenvalue weighted by Crippen LogP contribution is -2.36. The lowest BCUT2D eigenvalue weighted by atomic mass is 9.99. The van der Waals surface area contributed by atoms with Crippen LogP contribution in [0.1, 0.15) is 36.5 Å². The molecule has 1 fully saturated rings. The lowest BCUT2D eigenvalue weighted by molar-refractivity contribution is 0.436. The van der Waals surface area contributed by atoms with E-state index in [-0.39, 0.29) is 24.0 Å². The van der Waals surface area contributed by atoms with E-state index < -0.39 is 0 Å². The fourth-order valence-electron chi connectivity index (χ4n) is 3.24. The number of hydrogen-bond donors (Lipinski definition) is 2. The van der Waals surface area contributed by atoms with Gasteiger partial charge in [0, 0.05) is 39.4 Å². The Bertz CT molecular complexity index is 735. The Labute approximate surface area is 186 Å². The highest BCUT2D eigenvalue weighted by atomic mass is 127. The molecule has 0 spiro atoms. The van der Waals surface area contributed by atoms with Gasteiger partial charge in [-0.05, 0) is 42.9 Å². The van der Waals surface area contributed by atoms with Crippen molar-refractivity contribution in [3.63, 3.8) is 0 Å². The van der Waals surface area contributed by atoms with Crippen LogP contribution >= 0.6 is 24.0 Å². The van der Waals surface area contributed by atoms with Crippen LogP contribution in [0.3, 0.4) is 0 Å². The van der Waals surface area contributed by atoms with E-state index in [2.05, 4.69) is 75.8 Å². The number of guanidine groups is 1. The highest BCUT2D eigenvalue weighted by Crippen LogP contribution is 2.21. The van der Waals surface area contributed by atoms with Crippen LogP contribution in [-0.2, 0) is 13.1 Å². The molecular formula is C22H32IN5. The van der Waals surface area contributed by atoms with Gasteiger partial charge in [0.2, 0.25) is 0 Å². The van der Waals surface area contributed by atoms with E-state index in [1.165, 1.54) is 24.0 Å². The summed E-state index contributed by atoms with van der Waals surface area (Å²) >= 11 is 0. The molecule has 2 N–H and O–H groups in total. The summed E-state index contributed by atoms with van der Waals surface area (Å²) in [5.74, 6) is 2.72. The Balaban J connectivity index is 0.00000280. The normalized spacial score (nSPS) is 15.1. The molecule has 0 saturated carbocycles. The molecule has 0 radical (unpaired) electrons. The third-order valence-electron chi connectivity index (χ3n) is 5.18. The Hall–Kier alpha value is -1.83. The summed E-state index contributed by atoms with van der Waals surface area (Å²) in [7, 11) is 1.79. The molecule has 1 saturated heterocycles. The number of nitrogens with zero attached hydrogens (tertiary/aromatic N) is 3. The molecule has 1 aliphatic rings. The van der Waals surface area contributed by atoms with Gasteiger partial charge in [0.15, 0.2) is 5.96 Å². The summed E-state index contributed by atoms with van der Waals surface area (Å²) in [6, 6.07) is 12.8. The predicted octanol–water partition coefficient (Wildman–Crippen LogP) is 4.11. The number of hydrogen-bond acceptors (Lipinski definition) is 3. The maximum Gasteiger partial charge on any atom is 0.191 e. The van der Waals surface area contributed by atoms with Gasteiger partial charge in [-0.15, -0.1) is 24.0 Å². The minimum absolute atomic E-state index is 0. The topological polar surface area (TPSA) is 52.6 Å². The van der Waals surface area contributed by atoms with Gasteiger partial charge in [0.05, 0.1) is 0 Å². The fraction of sp³-hybridized carbons (Fsp3) is 0.455. The zero-order chi connectivity index (χ0) is 19.1. The number of aromatic nitrogens is 1. The number of rotatable bonds is 5. The first-order valence-corrected chi connectivity index (χ1v) is 9.84. The first-order valence-electron chi connectivity index (χ1n) is 9.84. The van der Waals surface area contributed by atoms with Crippen LogP contribution in [-0.4, -0.2) is 31.1 Å². The van der Waals surface area contributed by atoms with E-state index in [1.807, 2.05) is 6.20 Å². The standard InChI is InChI=1S/C22H31N5.HI/c1-17-4-6-19(7-5-17)14-25-22(23-3)26-16-20-8-9-21(24-15-20)27-12-10-18(2)11-13-27;/h4-9,15,18H,10-14,16H2,1-3H3,(H2,23,25,26);1H. The molecule has 2 aromatic rings. The zero-order valence-corrected chi connectivity index (χ0v) is 19.4. The molecule has 3 rings (SSSR count). The largest absolute Gasteiger partial charge is 0.357 e. The van der Waals surface area contributed by atoms with Gasteiger partial charge in [-0.3, -0.25) is 4.99 Å². The minimum Gasteiger partial charge on any atom is -0.357 e. The van der Waals surface area contributed by atoms with Crippen molar-refractivity contribution in [2.45, 2.75) is 39.8 Å². The number of pyridine rings is 1. The van der Waals surface area contributed by atoms with Crippen LogP contribution in [0.5, 0.6) is 0 Å². The lowest BCUT2D eigenvalue weighted by Gasteiger charge is -2.31. The van der Waals surface area contributed by atoms with Crippen molar-refractivity contribution in [3.05, 3.63) is 59.3 Å². The number of aliphatic imine (C=N–C) groups is 1. The molecule has 0 amide bonds. The first-order chi connectivity index (χ1) is 13.1. The molecule has 0 bridgehead atoms. The number of nitrogens with one attached hydrogen (secondary N) is 2. The number of piperidine rings is 1. The maximum absolute atomic E-state index is 4.66. The van der Waals surface area contributed by atoms with Crippen LogP contribution in [0, 0.1) is 12.8 Å². The summed E-state index contributed by atoms with van der Waals surface area (Å²) in [5, 5.41) is 6.71. The third-order valence-corrected chi connectivity index (χ3v) is 5.18. The second kappa shape index (κ2) is 11.2. The van der Waals surface area contributed by atoms with Crippen molar-refractivity contribution < 1.29 is 0 Å². The highest BCUT2D eigenvalue weighted by Gasteiger charge is 2.16. The number of halogens is 1. The van der Waals surface area contributed by atoms with Crippen molar-refractivity contribution >= 4 is 35.8 Å². The second-order valence-corrected chi connectivity index (χ2v) is 7.46. The SMILES string of the molecule is CN=C(NCc1ccc(C)cc1)NCc1ccc(N2CCC(C)CC2)nc1.I. The molecule has 0 aliphatic carbocycles. The molecule has 1 aromatic heterocycles. The average molecular weight is 493 g/mol. The highest BCUT2D eigenvalue weighted by molar-refractivity contribution is 14.0. The van der Waals surface area contributed by atoms with Crippen LogP contribution in [0.4, 0.5) is 5.82 Å². The molecule has 1 aliphatic heterocycles. The van der Waals surface area contributed by atoms with E-state index in [1.54, 1.807) is 7.05 Å². The Morgan fingerprint density at radius 1 is 1.04 bits per heavy atom. The summed E-state index contributed by atoms with van der Waals surface area (Å²) in [5.41, 5.74) is 3.67. The van der Waals surface area contributed by atoms with Crippen LogP contribution in [0.2, 0.25) is 0 Å². The van der Waals surface area contributed by atoms with Gasteiger partial charge >= 0.3 is 0 Å². The molecule has 1 aromatic carbocycles. The van der Waals surface area contributed by atoms with E-state index in [0.29, 0.717) is 6.54 Å². The van der Waals surface area contributed by atoms with Crippen LogP contribution < -0.4 is 15.5 Å². The van der Waals surface area contributed by atoms with Gasteiger partial charge < -0.3 is 15.5 Å². The number of aryl methyl sites for hydroxylation is 1. The van der Waals surface area contributed by atoms with E-state index in [9.17, 15) is 0 Å². The molecule has 5 nitrogen and oxygen atoms in total. The maximum atomic E-state index is 4.66. The van der Waals surface area contributed by atoms with Crippen molar-refractivity contribution in [3.8, 4) is 0 Å². The number of anilines is 1. The van der Waals surface area contributed by atoms with Gasteiger partial charge in [-0.1, -0.05) is 42.8 Å². The predicted molar refractivity (Wildman–Crippen MR) is 128 cm³/mol. The second-order valence-electron chi connectivity index (χ2n) is 7.46. The molecule has 0 atom stereocenters. The van der Waals surface area contributed by atoms with Gasteiger partial charge in [0.1, 0.15) is 5.82 Å². The molecule has 6 heteroatoms. The summed E-state index contributed by atoms with van der Waals surface area (Å²) in [6.07, 6.45) is 4.48. The number of benzene rings is 1. The van der Waals surface area contributed by atoms with Crippen molar-refractivity contribution in [2.75, 3.05) is 25.0 Å². The van der Waals surface area contributed by atoms with Crippen LogP contribution in [0.25, 0.3) is 0 Å². The molecule has 2 heterocycles. The zero-order valence-electron chi connectivity index (χ0n) is 17.1. The Kier molecular flexibility index (Phi) is 9.02. The molecule has 0 unspecified atom stereocenters. The van der Waals surface area contributed by atoms with Crippen molar-refractivity contribution in [2.24, 2.45) is 10.9 Å². The average Bonchev–Trinajstić information content (AvgIpc) is 2.70. The summed E-state index contributed by atoms with van der Waals surface area (Å²) < 4.78 is 0. The van der Waals surface area contributed by atoms with Crippen molar-refractivity contribution in [1.29, 1.82) is 0 Å². The van der Waals surface area contributed by atoms with Gasteiger partial charge in [-0.25, -0.2) is 4.98 Å². The van der Waals surface area contributed by atoms with Gasteiger partial charge in [0.25, 0.3) is 0 Å². The van der Waals surface area contributed by atoms with Crippen molar-refractivity contribution in [1.82, 2.24) is 15.6 Å². The van der Waals surface area contributed by atoms with Crippen LogP contribution in [0.15, 0.2) is 47.6 Å². The Morgan fingerprint density at radius 3 is 2.21 bits per heavy atom. The summed E-state index contributed by atoms with van der Waals surface area (Å²) in [6.45, 7) is 8.12. The van der Waals surface area contributed by atoms with E-state index in [4.69, 9.17) is 0 Å². The third kappa shape index (κ3) is 6.65. The fourth-order valence-corrected chi connectivity index (χ4v) is 3.24. The molecule has 28 heavy (non-hydrogen) atoms. The van der Waals surface area contributed by atoms with E-state index in [0.717, 1.165) is 42.9 Å². The minimum atomic E-state index is 0. The molecular weight excluding hydrogens is 461 g/mol. The monoisotopic (exact) mass is 493 g/mol. The van der Waals surface area contributed by atoms with Gasteiger partial charge in [-0.2, -0.15) is 0 Å². The smallest absolute Gasteiger partial charge is 0.191 e. The first kappa shape index (κ1) is 22.5.